The Hall–Kier alpha value is -0.590. The third kappa shape index (κ3) is 3.60. The summed E-state index contributed by atoms with van der Waals surface area (Å²) in [5.41, 5.74) is 5.94. The smallest absolute Gasteiger partial charge is 0.0766 e. The van der Waals surface area contributed by atoms with Gasteiger partial charge < -0.3 is 0 Å². The molecule has 2 aromatic rings. The van der Waals surface area contributed by atoms with E-state index in [0.717, 1.165) is 27.8 Å². The lowest BCUT2D eigenvalue weighted by molar-refractivity contribution is 0.529. The number of nitrogens with zero attached hydrogens (tertiary/aromatic N) is 2. The fraction of sp³-hybridized carbons (Fsp3) is 0.357. The van der Waals surface area contributed by atoms with Gasteiger partial charge >= 0.3 is 0 Å². The summed E-state index contributed by atoms with van der Waals surface area (Å²) in [6.07, 6.45) is 1.57. The summed E-state index contributed by atoms with van der Waals surface area (Å²) in [6, 6.07) is 5.46. The van der Waals surface area contributed by atoms with E-state index < -0.39 is 0 Å². The van der Waals surface area contributed by atoms with Crippen LogP contribution in [0, 0.1) is 0 Å². The molecule has 1 unspecified atom stereocenters. The minimum atomic E-state index is -0.0730. The second-order valence-corrected chi connectivity index (χ2v) is 6.39. The Morgan fingerprint density at radius 1 is 1.38 bits per heavy atom. The molecule has 0 saturated heterocycles. The van der Waals surface area contributed by atoms with Crippen LogP contribution in [0.5, 0.6) is 0 Å². The molecule has 2 rings (SSSR count). The maximum Gasteiger partial charge on any atom is 0.0766 e. The number of hydrogen-bond acceptors (Lipinski definition) is 3. The van der Waals surface area contributed by atoms with Gasteiger partial charge in [-0.05, 0) is 40.0 Å². The van der Waals surface area contributed by atoms with E-state index in [4.69, 9.17) is 29.0 Å². The van der Waals surface area contributed by atoms with Crippen LogP contribution in [0.3, 0.4) is 0 Å². The van der Waals surface area contributed by atoms with Crippen molar-refractivity contribution < 1.29 is 0 Å². The first-order chi connectivity index (χ1) is 9.97. The summed E-state index contributed by atoms with van der Waals surface area (Å²) in [5, 5.41) is 5.55. The number of hydrazine groups is 1. The van der Waals surface area contributed by atoms with E-state index >= 15 is 0 Å². The van der Waals surface area contributed by atoms with E-state index in [0.29, 0.717) is 16.5 Å². The molecule has 0 bridgehead atoms. The van der Waals surface area contributed by atoms with Gasteiger partial charge in [-0.2, -0.15) is 5.10 Å². The number of aromatic nitrogens is 2. The highest BCUT2D eigenvalue weighted by molar-refractivity contribution is 9.10. The largest absolute Gasteiger partial charge is 0.271 e. The normalized spacial score (nSPS) is 12.7. The second kappa shape index (κ2) is 7.11. The number of rotatable bonds is 5. The number of nitrogens with one attached hydrogen (secondary N) is 1. The first-order valence-corrected chi connectivity index (χ1v) is 8.14. The highest BCUT2D eigenvalue weighted by Gasteiger charge is 2.19. The molecule has 3 N–H and O–H groups in total. The van der Waals surface area contributed by atoms with Gasteiger partial charge in [-0.3, -0.25) is 16.0 Å². The van der Waals surface area contributed by atoms with Crippen LogP contribution in [0.4, 0.5) is 0 Å². The molecule has 114 valence electrons. The maximum absolute atomic E-state index is 6.08. The number of aryl methyl sites for hydroxylation is 2. The molecule has 4 nitrogen and oxygen atoms in total. The third-order valence-electron chi connectivity index (χ3n) is 3.45. The molecule has 0 saturated carbocycles. The monoisotopic (exact) mass is 390 g/mol. The molecule has 1 aromatic heterocycles. The van der Waals surface area contributed by atoms with Crippen LogP contribution >= 0.6 is 39.1 Å². The lowest BCUT2D eigenvalue weighted by Gasteiger charge is -2.17. The average molecular weight is 392 g/mol. The van der Waals surface area contributed by atoms with Crippen LogP contribution < -0.4 is 11.3 Å². The van der Waals surface area contributed by atoms with E-state index in [1.54, 1.807) is 6.07 Å². The van der Waals surface area contributed by atoms with E-state index in [1.165, 1.54) is 0 Å². The first kappa shape index (κ1) is 16.8. The second-order valence-electron chi connectivity index (χ2n) is 4.78. The molecule has 7 heteroatoms. The summed E-state index contributed by atoms with van der Waals surface area (Å²) in [5.74, 6) is 5.71. The van der Waals surface area contributed by atoms with Gasteiger partial charge in [-0.25, -0.2) is 0 Å². The van der Waals surface area contributed by atoms with Crippen molar-refractivity contribution >= 4 is 39.1 Å². The van der Waals surface area contributed by atoms with Crippen LogP contribution in [0.25, 0.3) is 0 Å². The SMILES string of the molecule is CCc1nn(C)c(CC(NN)c2ccc(Cl)c(Cl)c2)c1Br. The Labute approximate surface area is 142 Å². The van der Waals surface area contributed by atoms with Gasteiger partial charge in [0, 0.05) is 13.5 Å². The van der Waals surface area contributed by atoms with Crippen molar-refractivity contribution in [2.45, 2.75) is 25.8 Å². The topological polar surface area (TPSA) is 55.9 Å². The van der Waals surface area contributed by atoms with Gasteiger partial charge in [-0.15, -0.1) is 0 Å². The van der Waals surface area contributed by atoms with Crippen molar-refractivity contribution in [3.8, 4) is 0 Å². The van der Waals surface area contributed by atoms with Gasteiger partial charge in [0.15, 0.2) is 0 Å². The lowest BCUT2D eigenvalue weighted by Crippen LogP contribution is -2.30. The van der Waals surface area contributed by atoms with Crippen LogP contribution in [0.2, 0.25) is 10.0 Å². The molecule has 0 aliphatic carbocycles. The Morgan fingerprint density at radius 3 is 2.62 bits per heavy atom. The van der Waals surface area contributed by atoms with E-state index in [1.807, 2.05) is 23.9 Å². The maximum atomic E-state index is 6.08. The summed E-state index contributed by atoms with van der Waals surface area (Å²) in [4.78, 5) is 0. The predicted molar refractivity (Wildman–Crippen MR) is 90.5 cm³/mol. The van der Waals surface area contributed by atoms with Gasteiger partial charge in [0.2, 0.25) is 0 Å². The number of nitrogens with two attached hydrogens (primary N) is 1. The Morgan fingerprint density at radius 2 is 2.10 bits per heavy atom. The standard InChI is InChI=1S/C14H17BrCl2N4/c1-3-11-14(15)13(21(2)20-11)7-12(19-18)8-4-5-9(16)10(17)6-8/h4-6,12,19H,3,7,18H2,1-2H3. The number of halogens is 3. The predicted octanol–water partition coefficient (Wildman–Crippen LogP) is 3.80. The Kier molecular flexibility index (Phi) is 5.68. The molecular weight excluding hydrogens is 375 g/mol. The first-order valence-electron chi connectivity index (χ1n) is 6.59. The number of hydrogen-bond donors (Lipinski definition) is 2. The van der Waals surface area contributed by atoms with E-state index in [-0.39, 0.29) is 6.04 Å². The highest BCUT2D eigenvalue weighted by atomic mass is 79.9. The summed E-state index contributed by atoms with van der Waals surface area (Å²) in [6.45, 7) is 2.08. The third-order valence-corrected chi connectivity index (χ3v) is 5.10. The van der Waals surface area contributed by atoms with Gasteiger partial charge in [0.1, 0.15) is 0 Å². The number of benzene rings is 1. The van der Waals surface area contributed by atoms with Crippen LogP contribution in [-0.4, -0.2) is 9.78 Å². The zero-order valence-corrected chi connectivity index (χ0v) is 14.9. The fourth-order valence-electron chi connectivity index (χ4n) is 2.24. The Balaban J connectivity index is 2.31. The van der Waals surface area contributed by atoms with Gasteiger partial charge in [0.05, 0.1) is 31.9 Å². The summed E-state index contributed by atoms with van der Waals surface area (Å²) >= 11 is 15.7. The van der Waals surface area contributed by atoms with E-state index in [2.05, 4.69) is 33.4 Å². The molecule has 0 spiro atoms. The molecule has 0 amide bonds. The quantitative estimate of drug-likeness (QED) is 0.602. The minimum Gasteiger partial charge on any atom is -0.271 e. The molecule has 0 radical (unpaired) electrons. The molecular formula is C14H17BrCl2N4. The van der Waals surface area contributed by atoms with E-state index in [9.17, 15) is 0 Å². The minimum absolute atomic E-state index is 0.0730. The lowest BCUT2D eigenvalue weighted by atomic mass is 10.0. The summed E-state index contributed by atoms with van der Waals surface area (Å²) in [7, 11) is 1.93. The average Bonchev–Trinajstić information content (AvgIpc) is 2.74. The fourth-order valence-corrected chi connectivity index (χ4v) is 3.32. The molecule has 0 fully saturated rings. The molecule has 0 aliphatic rings. The van der Waals surface area contributed by atoms with Crippen molar-refractivity contribution in [2.24, 2.45) is 12.9 Å². The highest BCUT2D eigenvalue weighted by Crippen LogP contribution is 2.29. The van der Waals surface area contributed by atoms with Crippen LogP contribution in [-0.2, 0) is 19.9 Å². The van der Waals surface area contributed by atoms with Gasteiger partial charge in [-0.1, -0.05) is 36.2 Å². The zero-order chi connectivity index (χ0) is 15.6. The van der Waals surface area contributed by atoms with Crippen LogP contribution in [0.1, 0.15) is 29.9 Å². The Bertz CT molecular complexity index is 642. The molecule has 1 heterocycles. The van der Waals surface area contributed by atoms with Crippen LogP contribution in [0.15, 0.2) is 22.7 Å². The molecule has 1 aromatic carbocycles. The molecule has 0 aliphatic heterocycles. The van der Waals surface area contributed by atoms with Crippen molar-refractivity contribution in [3.05, 3.63) is 49.7 Å². The van der Waals surface area contributed by atoms with Crippen molar-refractivity contribution in [1.29, 1.82) is 0 Å². The summed E-state index contributed by atoms with van der Waals surface area (Å²) < 4.78 is 2.91. The van der Waals surface area contributed by atoms with Crippen molar-refractivity contribution in [2.75, 3.05) is 0 Å². The molecule has 1 atom stereocenters. The van der Waals surface area contributed by atoms with Crippen molar-refractivity contribution in [1.82, 2.24) is 15.2 Å². The molecule has 21 heavy (non-hydrogen) atoms. The van der Waals surface area contributed by atoms with Crippen molar-refractivity contribution in [3.63, 3.8) is 0 Å². The van der Waals surface area contributed by atoms with Gasteiger partial charge in [0.25, 0.3) is 0 Å². The zero-order valence-electron chi connectivity index (χ0n) is 11.8.